The van der Waals surface area contributed by atoms with Crippen LogP contribution in [0.4, 0.5) is 0 Å². The summed E-state index contributed by atoms with van der Waals surface area (Å²) in [5, 5.41) is 3.73. The number of likely N-dealkylation sites (tertiary alicyclic amines) is 1. The molecular formula is C10H16BrN3O. The molecule has 84 valence electrons. The first kappa shape index (κ1) is 11.1. The maximum atomic E-state index is 5.10. The molecule has 1 aliphatic rings. The lowest BCUT2D eigenvalue weighted by atomic mass is 9.93. The van der Waals surface area contributed by atoms with Crippen LogP contribution < -0.4 is 0 Å². The SMILES string of the molecule is CCN1CCC(Cc2nc(Br)no2)CC1. The van der Waals surface area contributed by atoms with Gasteiger partial charge < -0.3 is 9.42 Å². The highest BCUT2D eigenvalue weighted by molar-refractivity contribution is 9.10. The first-order valence-corrected chi connectivity index (χ1v) is 6.27. The normalized spacial score (nSPS) is 19.6. The van der Waals surface area contributed by atoms with Crippen molar-refractivity contribution in [1.82, 2.24) is 15.0 Å². The minimum absolute atomic E-state index is 0.559. The van der Waals surface area contributed by atoms with Gasteiger partial charge in [-0.3, -0.25) is 0 Å². The van der Waals surface area contributed by atoms with Crippen molar-refractivity contribution in [2.75, 3.05) is 19.6 Å². The maximum absolute atomic E-state index is 5.10. The molecule has 5 heteroatoms. The molecule has 0 N–H and O–H groups in total. The van der Waals surface area contributed by atoms with E-state index in [0.717, 1.165) is 12.3 Å². The highest BCUT2D eigenvalue weighted by Gasteiger charge is 2.20. The van der Waals surface area contributed by atoms with Crippen molar-refractivity contribution < 1.29 is 4.52 Å². The summed E-state index contributed by atoms with van der Waals surface area (Å²) in [4.78, 5) is 6.66. The van der Waals surface area contributed by atoms with Crippen molar-refractivity contribution in [2.45, 2.75) is 26.2 Å². The average molecular weight is 274 g/mol. The van der Waals surface area contributed by atoms with Gasteiger partial charge in [0.1, 0.15) is 0 Å². The van der Waals surface area contributed by atoms with Gasteiger partial charge >= 0.3 is 0 Å². The fourth-order valence-corrected chi connectivity index (χ4v) is 2.34. The molecule has 2 heterocycles. The number of rotatable bonds is 3. The fraction of sp³-hybridized carbons (Fsp3) is 0.800. The summed E-state index contributed by atoms with van der Waals surface area (Å²) in [7, 11) is 0. The van der Waals surface area contributed by atoms with Crippen LogP contribution in [0, 0.1) is 5.92 Å². The van der Waals surface area contributed by atoms with Gasteiger partial charge in [0.15, 0.2) is 0 Å². The Hall–Kier alpha value is -0.420. The molecule has 0 atom stereocenters. The Morgan fingerprint density at radius 2 is 2.20 bits per heavy atom. The molecule has 2 rings (SSSR count). The van der Waals surface area contributed by atoms with Crippen molar-refractivity contribution in [1.29, 1.82) is 0 Å². The van der Waals surface area contributed by atoms with Gasteiger partial charge in [0.25, 0.3) is 0 Å². The third-order valence-corrected chi connectivity index (χ3v) is 3.38. The standard InChI is InChI=1S/C10H16BrN3O/c1-2-14-5-3-8(4-6-14)7-9-12-10(11)13-15-9/h8H,2-7H2,1H3. The lowest BCUT2D eigenvalue weighted by Crippen LogP contribution is -2.34. The Morgan fingerprint density at radius 1 is 1.47 bits per heavy atom. The molecule has 0 spiro atoms. The van der Waals surface area contributed by atoms with E-state index in [0.29, 0.717) is 10.7 Å². The number of hydrogen-bond donors (Lipinski definition) is 0. The molecule has 15 heavy (non-hydrogen) atoms. The second-order valence-corrected chi connectivity index (χ2v) is 4.75. The van der Waals surface area contributed by atoms with Gasteiger partial charge in [-0.1, -0.05) is 6.92 Å². The summed E-state index contributed by atoms with van der Waals surface area (Å²) in [5.41, 5.74) is 0. The Balaban J connectivity index is 1.82. The summed E-state index contributed by atoms with van der Waals surface area (Å²) >= 11 is 3.19. The van der Waals surface area contributed by atoms with Crippen molar-refractivity contribution >= 4 is 15.9 Å². The van der Waals surface area contributed by atoms with Crippen LogP contribution in [0.25, 0.3) is 0 Å². The van der Waals surface area contributed by atoms with E-state index in [1.807, 2.05) is 0 Å². The Labute approximate surface area is 98.2 Å². The first-order chi connectivity index (χ1) is 7.28. The number of nitrogens with zero attached hydrogens (tertiary/aromatic N) is 3. The molecule has 1 aliphatic heterocycles. The van der Waals surface area contributed by atoms with Crippen molar-refractivity contribution in [3.05, 3.63) is 10.6 Å². The average Bonchev–Trinajstić information content (AvgIpc) is 2.65. The van der Waals surface area contributed by atoms with E-state index in [-0.39, 0.29) is 0 Å². The molecule has 1 saturated heterocycles. The fourth-order valence-electron chi connectivity index (χ4n) is 2.07. The smallest absolute Gasteiger partial charge is 0.238 e. The summed E-state index contributed by atoms with van der Waals surface area (Å²) in [6.45, 7) is 5.79. The summed E-state index contributed by atoms with van der Waals surface area (Å²) < 4.78 is 5.66. The molecule has 0 radical (unpaired) electrons. The zero-order chi connectivity index (χ0) is 10.7. The minimum Gasteiger partial charge on any atom is -0.338 e. The summed E-state index contributed by atoms with van der Waals surface area (Å²) in [6, 6.07) is 0. The Bertz CT molecular complexity index is 307. The minimum atomic E-state index is 0.559. The van der Waals surface area contributed by atoms with Crippen LogP contribution in [0.2, 0.25) is 0 Å². The number of aromatic nitrogens is 2. The Kier molecular flexibility index (Phi) is 3.75. The molecule has 1 aromatic heterocycles. The largest absolute Gasteiger partial charge is 0.338 e. The third-order valence-electron chi connectivity index (χ3n) is 3.06. The first-order valence-electron chi connectivity index (χ1n) is 5.48. The van der Waals surface area contributed by atoms with E-state index in [4.69, 9.17) is 4.52 Å². The molecule has 0 bridgehead atoms. The van der Waals surface area contributed by atoms with Crippen LogP contribution in [0.15, 0.2) is 9.26 Å². The van der Waals surface area contributed by atoms with Crippen LogP contribution >= 0.6 is 15.9 Å². The lowest BCUT2D eigenvalue weighted by Gasteiger charge is -2.30. The Morgan fingerprint density at radius 3 is 2.73 bits per heavy atom. The molecule has 1 fully saturated rings. The number of halogens is 1. The van der Waals surface area contributed by atoms with E-state index >= 15 is 0 Å². The van der Waals surface area contributed by atoms with Gasteiger partial charge in [0, 0.05) is 6.42 Å². The van der Waals surface area contributed by atoms with E-state index in [2.05, 4.69) is 37.9 Å². The molecule has 0 amide bonds. The van der Waals surface area contributed by atoms with Gasteiger partial charge in [-0.15, -0.1) is 0 Å². The van der Waals surface area contributed by atoms with E-state index in [1.165, 1.54) is 32.5 Å². The molecule has 0 unspecified atom stereocenters. The van der Waals surface area contributed by atoms with Gasteiger partial charge in [-0.2, -0.15) is 4.98 Å². The molecular weight excluding hydrogens is 258 g/mol. The summed E-state index contributed by atoms with van der Waals surface area (Å²) in [5.74, 6) is 1.47. The van der Waals surface area contributed by atoms with Crippen molar-refractivity contribution in [3.8, 4) is 0 Å². The van der Waals surface area contributed by atoms with Gasteiger partial charge in [-0.25, -0.2) is 0 Å². The van der Waals surface area contributed by atoms with Crippen LogP contribution in [0.3, 0.4) is 0 Å². The van der Waals surface area contributed by atoms with Crippen LogP contribution in [0.5, 0.6) is 0 Å². The quantitative estimate of drug-likeness (QED) is 0.846. The predicted molar refractivity (Wildman–Crippen MR) is 60.5 cm³/mol. The monoisotopic (exact) mass is 273 g/mol. The van der Waals surface area contributed by atoms with Crippen LogP contribution in [0.1, 0.15) is 25.7 Å². The zero-order valence-corrected chi connectivity index (χ0v) is 10.5. The number of hydrogen-bond acceptors (Lipinski definition) is 4. The highest BCUT2D eigenvalue weighted by Crippen LogP contribution is 2.21. The molecule has 1 aromatic rings. The van der Waals surface area contributed by atoms with Crippen LogP contribution in [-0.2, 0) is 6.42 Å². The highest BCUT2D eigenvalue weighted by atomic mass is 79.9. The van der Waals surface area contributed by atoms with Gasteiger partial charge in [-0.05, 0) is 59.5 Å². The number of piperidine rings is 1. The van der Waals surface area contributed by atoms with Gasteiger partial charge in [0.2, 0.25) is 10.6 Å². The van der Waals surface area contributed by atoms with E-state index < -0.39 is 0 Å². The van der Waals surface area contributed by atoms with E-state index in [1.54, 1.807) is 0 Å². The van der Waals surface area contributed by atoms with Crippen LogP contribution in [-0.4, -0.2) is 34.7 Å². The molecule has 4 nitrogen and oxygen atoms in total. The summed E-state index contributed by atoms with van der Waals surface area (Å²) in [6.07, 6.45) is 3.41. The van der Waals surface area contributed by atoms with E-state index in [9.17, 15) is 0 Å². The topological polar surface area (TPSA) is 42.2 Å². The second-order valence-electron chi connectivity index (χ2n) is 4.04. The molecule has 0 aliphatic carbocycles. The van der Waals surface area contributed by atoms with Crippen molar-refractivity contribution in [3.63, 3.8) is 0 Å². The predicted octanol–water partition coefficient (Wildman–Crippen LogP) is 2.11. The lowest BCUT2D eigenvalue weighted by molar-refractivity contribution is 0.185. The van der Waals surface area contributed by atoms with Gasteiger partial charge in [0.05, 0.1) is 0 Å². The third kappa shape index (κ3) is 3.01. The van der Waals surface area contributed by atoms with Crippen molar-refractivity contribution in [2.24, 2.45) is 5.92 Å². The molecule has 0 aromatic carbocycles. The maximum Gasteiger partial charge on any atom is 0.238 e. The second kappa shape index (κ2) is 5.07. The zero-order valence-electron chi connectivity index (χ0n) is 8.95. The molecule has 0 saturated carbocycles.